The van der Waals surface area contributed by atoms with E-state index in [1.54, 1.807) is 57.5 Å². The zero-order chi connectivity index (χ0) is 35.0. The first-order valence-corrected chi connectivity index (χ1v) is 21.0. The molecule has 7 nitrogen and oxygen atoms in total. The van der Waals surface area contributed by atoms with Crippen LogP contribution >= 0.6 is 53.1 Å². The summed E-state index contributed by atoms with van der Waals surface area (Å²) >= 11 is 6.89. The lowest BCUT2D eigenvalue weighted by Gasteiger charge is -2.17. The maximum Gasteiger partial charge on any atom is 0.227 e. The first-order valence-electron chi connectivity index (χ1n) is 16.1. The van der Waals surface area contributed by atoms with E-state index in [2.05, 4.69) is 73.0 Å². The Morgan fingerprint density at radius 1 is 0.620 bits per heavy atom. The number of aryl methyl sites for hydroxylation is 2. The van der Waals surface area contributed by atoms with Crippen LogP contribution in [-0.2, 0) is 14.2 Å². The SMILES string of the molecule is CC(=O)NCCOc1cc(-c2ccc(-c3ccc(C)s3)s2)c(OCCNC(=O)C[PH](=O)c2ccccc2)cc1-c1ccc(-c2ccc(C)s2)s1. The van der Waals surface area contributed by atoms with E-state index in [0.717, 1.165) is 25.8 Å². The van der Waals surface area contributed by atoms with E-state index in [0.29, 0.717) is 30.0 Å². The summed E-state index contributed by atoms with van der Waals surface area (Å²) in [6.07, 6.45) is -0.0424. The summed E-state index contributed by atoms with van der Waals surface area (Å²) in [6, 6.07) is 30.1. The summed E-state index contributed by atoms with van der Waals surface area (Å²) in [5, 5.41) is 6.38. The predicted octanol–water partition coefficient (Wildman–Crippen LogP) is 9.11. The fourth-order valence-corrected chi connectivity index (χ4v) is 10.4. The summed E-state index contributed by atoms with van der Waals surface area (Å²) < 4.78 is 25.5. The normalized spacial score (nSPS) is 11.7. The van der Waals surface area contributed by atoms with Crippen molar-refractivity contribution in [3.63, 3.8) is 0 Å². The molecule has 0 bridgehead atoms. The Hall–Kier alpha value is -3.99. The highest BCUT2D eigenvalue weighted by Crippen LogP contribution is 2.47. The van der Waals surface area contributed by atoms with E-state index in [4.69, 9.17) is 9.47 Å². The maximum atomic E-state index is 12.7. The minimum atomic E-state index is -2.22. The topological polar surface area (TPSA) is 93.7 Å². The van der Waals surface area contributed by atoms with Gasteiger partial charge in [0.05, 0.1) is 19.3 Å². The van der Waals surface area contributed by atoms with Gasteiger partial charge in [0.15, 0.2) is 0 Å². The van der Waals surface area contributed by atoms with Crippen LogP contribution in [0.4, 0.5) is 0 Å². The van der Waals surface area contributed by atoms with Crippen LogP contribution < -0.4 is 25.4 Å². The molecule has 0 aliphatic carbocycles. The van der Waals surface area contributed by atoms with Crippen molar-refractivity contribution < 1.29 is 23.6 Å². The molecule has 6 rings (SSSR count). The van der Waals surface area contributed by atoms with Crippen LogP contribution in [0.5, 0.6) is 11.5 Å². The molecule has 2 N–H and O–H groups in total. The third-order valence-electron chi connectivity index (χ3n) is 7.62. The third-order valence-corrected chi connectivity index (χ3v) is 13.9. The van der Waals surface area contributed by atoms with Gasteiger partial charge in [-0.05, 0) is 74.5 Å². The molecule has 2 amide bonds. The molecule has 4 heterocycles. The highest BCUT2D eigenvalue weighted by molar-refractivity contribution is 7.54. The van der Waals surface area contributed by atoms with Gasteiger partial charge >= 0.3 is 0 Å². The van der Waals surface area contributed by atoms with E-state index in [-0.39, 0.29) is 31.1 Å². The van der Waals surface area contributed by atoms with Gasteiger partial charge in [-0.15, -0.1) is 45.3 Å². The molecule has 4 aromatic heterocycles. The van der Waals surface area contributed by atoms with Crippen molar-refractivity contribution in [3.05, 3.63) is 101 Å². The maximum absolute atomic E-state index is 12.7. The highest BCUT2D eigenvalue weighted by atomic mass is 32.1. The molecule has 1 atom stereocenters. The Balaban J connectivity index is 1.29. The Morgan fingerprint density at radius 3 is 1.56 bits per heavy atom. The van der Waals surface area contributed by atoms with E-state index in [1.807, 2.05) is 30.3 Å². The van der Waals surface area contributed by atoms with Gasteiger partial charge in [-0.1, -0.05) is 30.3 Å². The minimum Gasteiger partial charge on any atom is -0.491 e. The molecule has 0 radical (unpaired) electrons. The van der Waals surface area contributed by atoms with Crippen molar-refractivity contribution in [1.29, 1.82) is 0 Å². The first kappa shape index (κ1) is 35.8. The number of thiophene rings is 4. The molecule has 0 aliphatic heterocycles. The summed E-state index contributed by atoms with van der Waals surface area (Å²) in [5.41, 5.74) is 1.76. The van der Waals surface area contributed by atoms with Gasteiger partial charge in [0.25, 0.3) is 0 Å². The second-order valence-electron chi connectivity index (χ2n) is 11.5. The number of carbonyl (C=O) groups is 2. The second-order valence-corrected chi connectivity index (χ2v) is 18.0. The minimum absolute atomic E-state index is 0.0424. The molecule has 12 heteroatoms. The van der Waals surface area contributed by atoms with Gasteiger partial charge < -0.3 is 24.7 Å². The lowest BCUT2D eigenvalue weighted by Crippen LogP contribution is -2.30. The van der Waals surface area contributed by atoms with Crippen LogP contribution in [0, 0.1) is 13.8 Å². The van der Waals surface area contributed by atoms with Crippen LogP contribution in [0.2, 0.25) is 0 Å². The van der Waals surface area contributed by atoms with Gasteiger partial charge in [-0.3, -0.25) is 9.59 Å². The Kier molecular flexibility index (Phi) is 12.0. The molecule has 258 valence electrons. The van der Waals surface area contributed by atoms with Crippen molar-refractivity contribution in [2.24, 2.45) is 0 Å². The fourth-order valence-electron chi connectivity index (χ4n) is 5.22. The average molecular weight is 761 g/mol. The van der Waals surface area contributed by atoms with Crippen molar-refractivity contribution in [2.75, 3.05) is 32.5 Å². The van der Waals surface area contributed by atoms with Crippen LogP contribution in [0.25, 0.3) is 40.4 Å². The Morgan fingerprint density at radius 2 is 1.08 bits per heavy atom. The van der Waals surface area contributed by atoms with Gasteiger partial charge in [0, 0.05) is 62.4 Å². The number of rotatable bonds is 15. The number of amides is 2. The molecule has 2 aromatic carbocycles. The lowest BCUT2D eigenvalue weighted by molar-refractivity contribution is -0.119. The molecule has 0 saturated carbocycles. The Bertz CT molecular complexity index is 2110. The van der Waals surface area contributed by atoms with E-state index >= 15 is 0 Å². The van der Waals surface area contributed by atoms with Crippen molar-refractivity contribution in [3.8, 4) is 51.9 Å². The smallest absolute Gasteiger partial charge is 0.227 e. The van der Waals surface area contributed by atoms with Gasteiger partial charge in [0.2, 0.25) is 11.8 Å². The van der Waals surface area contributed by atoms with Crippen LogP contribution in [0.1, 0.15) is 16.7 Å². The Labute approximate surface area is 308 Å². The van der Waals surface area contributed by atoms with Gasteiger partial charge in [-0.2, -0.15) is 0 Å². The number of benzene rings is 2. The summed E-state index contributed by atoms with van der Waals surface area (Å²) in [5.74, 6) is 0.977. The van der Waals surface area contributed by atoms with Gasteiger partial charge in [-0.25, -0.2) is 0 Å². The summed E-state index contributed by atoms with van der Waals surface area (Å²) in [4.78, 5) is 33.5. The first-order chi connectivity index (χ1) is 24.2. The quantitative estimate of drug-likeness (QED) is 0.0805. The molecule has 0 aliphatic rings. The predicted molar refractivity (Wildman–Crippen MR) is 212 cm³/mol. The van der Waals surface area contributed by atoms with Crippen LogP contribution in [0.15, 0.2) is 91.0 Å². The summed E-state index contributed by atoms with van der Waals surface area (Å²) in [6.45, 7) is 6.86. The number of ether oxygens (including phenoxy) is 2. The molecular weight excluding hydrogens is 724 g/mol. The number of nitrogens with one attached hydrogen (secondary N) is 2. The molecule has 0 fully saturated rings. The van der Waals surface area contributed by atoms with Gasteiger partial charge in [0.1, 0.15) is 32.5 Å². The molecule has 0 saturated heterocycles. The standard InChI is InChI=1S/C38H37N2O5PS4/c1-24-9-11-34(47-24)36-15-13-32(49-36)28-22-31(45-20-18-40-38(42)23-46(43)27-7-5-4-6-8-27)29(21-30(28)44-19-17-39-26(3)41)33-14-16-37(50-33)35-12-10-25(2)48-35/h4-16,21-22,46H,17-20,23H2,1-3H3,(H,39,41)(H,40,42). The molecule has 50 heavy (non-hydrogen) atoms. The second kappa shape index (κ2) is 16.8. The van der Waals surface area contributed by atoms with E-state index in [9.17, 15) is 14.2 Å². The molecule has 0 spiro atoms. The molecule has 1 unspecified atom stereocenters. The largest absolute Gasteiger partial charge is 0.491 e. The van der Waals surface area contributed by atoms with Crippen molar-refractivity contribution in [2.45, 2.75) is 20.8 Å². The fraction of sp³-hybridized carbons (Fsp3) is 0.211. The monoisotopic (exact) mass is 760 g/mol. The molecule has 6 aromatic rings. The van der Waals surface area contributed by atoms with Crippen LogP contribution in [-0.4, -0.2) is 44.3 Å². The van der Waals surface area contributed by atoms with Crippen molar-refractivity contribution >= 4 is 70.3 Å². The van der Waals surface area contributed by atoms with E-state index < -0.39 is 7.80 Å². The average Bonchev–Trinajstić information content (AvgIpc) is 3.93. The number of carbonyl (C=O) groups excluding carboxylic acids is 2. The van der Waals surface area contributed by atoms with E-state index in [1.165, 1.54) is 31.3 Å². The number of hydrogen-bond acceptors (Lipinski definition) is 9. The lowest BCUT2D eigenvalue weighted by atomic mass is 10.1. The summed E-state index contributed by atoms with van der Waals surface area (Å²) in [7, 11) is -2.22. The highest BCUT2D eigenvalue weighted by Gasteiger charge is 2.20. The zero-order valence-corrected chi connectivity index (χ0v) is 32.1. The van der Waals surface area contributed by atoms with Crippen LogP contribution in [0.3, 0.4) is 0 Å². The number of hydrogen-bond donors (Lipinski definition) is 2. The van der Waals surface area contributed by atoms with Crippen molar-refractivity contribution in [1.82, 2.24) is 10.6 Å². The molecular formula is C38H37N2O5PS4. The third kappa shape index (κ3) is 9.21. The zero-order valence-electron chi connectivity index (χ0n) is 27.9.